The molecule has 10 heteroatoms. The number of benzene rings is 3. The number of aromatic hydroxyl groups is 1. The molecule has 40 heavy (non-hydrogen) atoms. The number of likely N-dealkylation sites (N-methyl/N-ethyl adjacent to an activating group) is 1. The van der Waals surface area contributed by atoms with Crippen LogP contribution in [0.4, 0.5) is 0 Å². The highest BCUT2D eigenvalue weighted by Gasteiger charge is 2.27. The highest BCUT2D eigenvalue weighted by molar-refractivity contribution is 5.93. The highest BCUT2D eigenvalue weighted by atomic mass is 16.3. The third-order valence-corrected chi connectivity index (χ3v) is 6.84. The molecule has 0 aromatic heterocycles. The number of phenols is 1. The molecule has 2 atom stereocenters. The zero-order valence-electron chi connectivity index (χ0n) is 22.5. The SMILES string of the molecule is CN[C@@H](C)C(=O)N[C@@H](Cc1ccc(O)cc1)C(=O)NCC(=O)N1C=CN(Cc2cccc3ccccc23)C(=O)C1. The van der Waals surface area contributed by atoms with E-state index in [1.165, 1.54) is 23.2 Å². The third-order valence-electron chi connectivity index (χ3n) is 6.84. The van der Waals surface area contributed by atoms with E-state index >= 15 is 0 Å². The summed E-state index contributed by atoms with van der Waals surface area (Å²) in [5.41, 5.74) is 1.72. The average molecular weight is 544 g/mol. The van der Waals surface area contributed by atoms with Crippen LogP contribution in [0.1, 0.15) is 18.1 Å². The van der Waals surface area contributed by atoms with Gasteiger partial charge in [0, 0.05) is 18.8 Å². The lowest BCUT2D eigenvalue weighted by Gasteiger charge is -2.29. The number of rotatable bonds is 10. The quantitative estimate of drug-likeness (QED) is 0.308. The Balaban J connectivity index is 1.37. The van der Waals surface area contributed by atoms with E-state index in [4.69, 9.17) is 0 Å². The largest absolute Gasteiger partial charge is 0.508 e. The van der Waals surface area contributed by atoms with E-state index in [-0.39, 0.29) is 37.1 Å². The van der Waals surface area contributed by atoms with Gasteiger partial charge in [0.05, 0.1) is 19.1 Å². The standard InChI is InChI=1S/C30H33N5O5/c1-20(31-2)29(39)33-26(16-21-10-12-24(36)13-11-21)30(40)32-17-27(37)35-15-14-34(28(38)19-35)18-23-8-5-7-22-6-3-4-9-25(22)23/h3-15,20,26,31,36H,16-19H2,1-2H3,(H,32,40)(H,33,39)/t20-,26-/m0/s1. The second-order valence-electron chi connectivity index (χ2n) is 9.64. The van der Waals surface area contributed by atoms with Crippen LogP contribution in [0.5, 0.6) is 5.75 Å². The molecule has 208 valence electrons. The van der Waals surface area contributed by atoms with E-state index in [0.29, 0.717) is 6.54 Å². The summed E-state index contributed by atoms with van der Waals surface area (Å²) in [5, 5.41) is 19.8. The van der Waals surface area contributed by atoms with Crippen molar-refractivity contribution < 1.29 is 24.3 Å². The van der Waals surface area contributed by atoms with Gasteiger partial charge in [-0.3, -0.25) is 19.2 Å². The molecule has 0 saturated heterocycles. The van der Waals surface area contributed by atoms with Crippen LogP contribution < -0.4 is 16.0 Å². The molecule has 0 spiro atoms. The second kappa shape index (κ2) is 12.9. The fourth-order valence-electron chi connectivity index (χ4n) is 4.35. The van der Waals surface area contributed by atoms with E-state index < -0.39 is 23.9 Å². The van der Waals surface area contributed by atoms with Gasteiger partial charge >= 0.3 is 0 Å². The van der Waals surface area contributed by atoms with E-state index in [0.717, 1.165) is 21.9 Å². The van der Waals surface area contributed by atoms with E-state index in [9.17, 15) is 24.3 Å². The molecular weight excluding hydrogens is 510 g/mol. The highest BCUT2D eigenvalue weighted by Crippen LogP contribution is 2.21. The zero-order valence-corrected chi connectivity index (χ0v) is 22.5. The lowest BCUT2D eigenvalue weighted by molar-refractivity contribution is -0.139. The summed E-state index contributed by atoms with van der Waals surface area (Å²) in [4.78, 5) is 54.0. The summed E-state index contributed by atoms with van der Waals surface area (Å²) >= 11 is 0. The molecule has 0 saturated carbocycles. The monoisotopic (exact) mass is 543 g/mol. The van der Waals surface area contributed by atoms with Crippen LogP contribution in [0.15, 0.2) is 79.1 Å². The number of nitrogens with one attached hydrogen (secondary N) is 3. The molecule has 0 unspecified atom stereocenters. The van der Waals surface area contributed by atoms with Crippen LogP contribution in [0.3, 0.4) is 0 Å². The Morgan fingerprint density at radius 1 is 0.950 bits per heavy atom. The molecule has 0 bridgehead atoms. The minimum atomic E-state index is -0.949. The lowest BCUT2D eigenvalue weighted by atomic mass is 10.0. The Bertz CT molecular complexity index is 1420. The molecule has 1 heterocycles. The molecule has 0 radical (unpaired) electrons. The number of nitrogens with zero attached hydrogens (tertiary/aromatic N) is 2. The first kappa shape index (κ1) is 28.3. The molecule has 3 aromatic rings. The summed E-state index contributed by atoms with van der Waals surface area (Å²) in [6.07, 6.45) is 3.26. The van der Waals surface area contributed by atoms with Crippen LogP contribution in [0.2, 0.25) is 0 Å². The molecule has 1 aliphatic heterocycles. The van der Waals surface area contributed by atoms with E-state index in [2.05, 4.69) is 16.0 Å². The van der Waals surface area contributed by atoms with Crippen molar-refractivity contribution in [3.05, 3.63) is 90.3 Å². The van der Waals surface area contributed by atoms with Gasteiger partial charge in [-0.25, -0.2) is 0 Å². The summed E-state index contributed by atoms with van der Waals surface area (Å²) in [7, 11) is 1.63. The van der Waals surface area contributed by atoms with Crippen LogP contribution >= 0.6 is 0 Å². The van der Waals surface area contributed by atoms with Gasteiger partial charge in [-0.2, -0.15) is 0 Å². The predicted molar refractivity (Wildman–Crippen MR) is 151 cm³/mol. The number of fused-ring (bicyclic) bond motifs is 1. The Hall–Kier alpha value is -4.70. The molecule has 3 aromatic carbocycles. The Labute approximate surface area is 232 Å². The first-order chi connectivity index (χ1) is 19.2. The first-order valence-electron chi connectivity index (χ1n) is 13.0. The minimum absolute atomic E-state index is 0.0861. The molecule has 10 nitrogen and oxygen atoms in total. The van der Waals surface area contributed by atoms with Crippen molar-refractivity contribution in [3.8, 4) is 5.75 Å². The van der Waals surface area contributed by atoms with Gasteiger partial charge in [0.25, 0.3) is 0 Å². The van der Waals surface area contributed by atoms with Gasteiger partial charge < -0.3 is 30.9 Å². The van der Waals surface area contributed by atoms with Crippen molar-refractivity contribution in [3.63, 3.8) is 0 Å². The number of carbonyl (C=O) groups is 4. The molecule has 4 rings (SSSR count). The van der Waals surface area contributed by atoms with Crippen LogP contribution in [-0.2, 0) is 32.1 Å². The lowest BCUT2D eigenvalue weighted by Crippen LogP contribution is -2.54. The maximum Gasteiger partial charge on any atom is 0.246 e. The molecule has 0 aliphatic carbocycles. The molecule has 1 aliphatic rings. The number of hydrogen-bond acceptors (Lipinski definition) is 6. The summed E-state index contributed by atoms with van der Waals surface area (Å²) in [5.74, 6) is -1.52. The second-order valence-corrected chi connectivity index (χ2v) is 9.64. The predicted octanol–water partition coefficient (Wildman–Crippen LogP) is 1.64. The van der Waals surface area contributed by atoms with Gasteiger partial charge in [-0.1, -0.05) is 54.6 Å². The Morgan fingerprint density at radius 2 is 1.68 bits per heavy atom. The topological polar surface area (TPSA) is 131 Å². The van der Waals surface area contributed by atoms with Gasteiger partial charge in [-0.15, -0.1) is 0 Å². The van der Waals surface area contributed by atoms with Crippen LogP contribution in [0.25, 0.3) is 10.8 Å². The fraction of sp³-hybridized carbons (Fsp3) is 0.267. The van der Waals surface area contributed by atoms with Crippen molar-refractivity contribution in [1.82, 2.24) is 25.8 Å². The molecular formula is C30H33N5O5. The van der Waals surface area contributed by atoms with Gasteiger partial charge in [0.1, 0.15) is 18.3 Å². The Kier molecular flexibility index (Phi) is 9.13. The van der Waals surface area contributed by atoms with Gasteiger partial charge in [0.2, 0.25) is 23.6 Å². The average Bonchev–Trinajstić information content (AvgIpc) is 2.97. The number of phenolic OH excluding ortho intramolecular Hbond substituents is 1. The minimum Gasteiger partial charge on any atom is -0.508 e. The van der Waals surface area contributed by atoms with Crippen molar-refractivity contribution in [2.24, 2.45) is 0 Å². The van der Waals surface area contributed by atoms with Crippen LogP contribution in [-0.4, -0.2) is 70.8 Å². The van der Waals surface area contributed by atoms with Crippen LogP contribution in [0, 0.1) is 0 Å². The third kappa shape index (κ3) is 7.03. The molecule has 0 fully saturated rings. The smallest absolute Gasteiger partial charge is 0.246 e. The van der Waals surface area contributed by atoms with E-state index in [1.807, 2.05) is 42.5 Å². The van der Waals surface area contributed by atoms with Crippen molar-refractivity contribution in [2.75, 3.05) is 20.1 Å². The fourth-order valence-corrected chi connectivity index (χ4v) is 4.35. The summed E-state index contributed by atoms with van der Waals surface area (Å²) in [6, 6.07) is 18.7. The molecule has 4 N–H and O–H groups in total. The number of carbonyl (C=O) groups excluding carboxylic acids is 4. The molecule has 4 amide bonds. The summed E-state index contributed by atoms with van der Waals surface area (Å²) in [6.45, 7) is 1.55. The van der Waals surface area contributed by atoms with Gasteiger partial charge in [-0.05, 0) is 48.0 Å². The van der Waals surface area contributed by atoms with Crippen molar-refractivity contribution in [2.45, 2.75) is 32.0 Å². The number of amides is 4. The Morgan fingerprint density at radius 3 is 2.40 bits per heavy atom. The summed E-state index contributed by atoms with van der Waals surface area (Å²) < 4.78 is 0. The maximum absolute atomic E-state index is 13.0. The normalized spacial score (nSPS) is 14.6. The van der Waals surface area contributed by atoms with Crippen molar-refractivity contribution >= 4 is 34.4 Å². The maximum atomic E-state index is 13.0. The number of hydrogen-bond donors (Lipinski definition) is 4. The first-order valence-corrected chi connectivity index (χ1v) is 13.0. The van der Waals surface area contributed by atoms with Gasteiger partial charge in [0.15, 0.2) is 0 Å². The zero-order chi connectivity index (χ0) is 28.6. The van der Waals surface area contributed by atoms with Crippen molar-refractivity contribution in [1.29, 1.82) is 0 Å². The van der Waals surface area contributed by atoms with E-state index in [1.54, 1.807) is 37.2 Å².